The summed E-state index contributed by atoms with van der Waals surface area (Å²) in [5.41, 5.74) is 1.89. The predicted octanol–water partition coefficient (Wildman–Crippen LogP) is 6.56. The fraction of sp³-hybridized carbons (Fsp3) is 0.120. The zero-order valence-corrected chi connectivity index (χ0v) is 19.5. The molecular weight excluding hydrogens is 571 g/mol. The molecule has 0 N–H and O–H groups in total. The first-order chi connectivity index (χ1) is 14.1. The van der Waals surface area contributed by atoms with E-state index >= 15 is 0 Å². The molecule has 0 unspecified atom stereocenters. The molecule has 0 fully saturated rings. The van der Waals surface area contributed by atoms with E-state index in [4.69, 9.17) is 4.74 Å². The van der Waals surface area contributed by atoms with Crippen molar-refractivity contribution in [3.8, 4) is 11.6 Å². The van der Waals surface area contributed by atoms with Crippen molar-refractivity contribution in [3.05, 3.63) is 96.4 Å². The van der Waals surface area contributed by atoms with Gasteiger partial charge in [-0.1, -0.05) is 26.0 Å². The third kappa shape index (κ3) is 3.78. The van der Waals surface area contributed by atoms with Gasteiger partial charge in [-0.2, -0.15) is 6.07 Å². The van der Waals surface area contributed by atoms with Crippen LogP contribution in [0.5, 0.6) is 11.6 Å². The van der Waals surface area contributed by atoms with Crippen LogP contribution in [0.2, 0.25) is 0 Å². The van der Waals surface area contributed by atoms with E-state index < -0.39 is 0 Å². The SMILES string of the molecule is CC(C)(c1[c-]c2c(cc1)sc1ccc(Oc3ccccn3)[c-]c12)c1ccccn1.[Pt+2]. The summed E-state index contributed by atoms with van der Waals surface area (Å²) in [7, 11) is 0. The molecule has 3 heterocycles. The number of benzene rings is 2. The Hall–Kier alpha value is -2.55. The van der Waals surface area contributed by atoms with E-state index in [0.717, 1.165) is 26.7 Å². The van der Waals surface area contributed by atoms with Gasteiger partial charge in [0.05, 0.1) is 0 Å². The van der Waals surface area contributed by atoms with Crippen molar-refractivity contribution in [3.63, 3.8) is 0 Å². The molecule has 0 aliphatic heterocycles. The number of thiophene rings is 1. The van der Waals surface area contributed by atoms with Gasteiger partial charge in [-0.25, -0.2) is 15.8 Å². The molecule has 0 bridgehead atoms. The van der Waals surface area contributed by atoms with Crippen LogP contribution >= 0.6 is 11.3 Å². The second-order valence-electron chi connectivity index (χ2n) is 7.39. The average molecular weight is 590 g/mol. The molecule has 2 aromatic carbocycles. The van der Waals surface area contributed by atoms with E-state index in [1.807, 2.05) is 42.6 Å². The Kier molecular flexibility index (Phi) is 5.72. The van der Waals surface area contributed by atoms with Crippen LogP contribution in [0.25, 0.3) is 20.2 Å². The number of nitrogens with zero attached hydrogens (tertiary/aromatic N) is 2. The van der Waals surface area contributed by atoms with E-state index in [1.54, 1.807) is 17.5 Å². The van der Waals surface area contributed by atoms with Gasteiger partial charge in [0.15, 0.2) is 0 Å². The van der Waals surface area contributed by atoms with Crippen LogP contribution in [-0.4, -0.2) is 9.97 Å². The maximum Gasteiger partial charge on any atom is 2.00 e. The van der Waals surface area contributed by atoms with Crippen LogP contribution in [-0.2, 0) is 26.5 Å². The quantitative estimate of drug-likeness (QED) is 0.223. The minimum atomic E-state index is -0.244. The molecule has 0 saturated carbocycles. The molecule has 30 heavy (non-hydrogen) atoms. The Morgan fingerprint density at radius 1 is 0.800 bits per heavy atom. The van der Waals surface area contributed by atoms with Crippen LogP contribution < -0.4 is 4.74 Å². The van der Waals surface area contributed by atoms with E-state index in [9.17, 15) is 0 Å². The van der Waals surface area contributed by atoms with Gasteiger partial charge in [0, 0.05) is 35.3 Å². The number of pyridine rings is 2. The van der Waals surface area contributed by atoms with Crippen LogP contribution in [0.15, 0.2) is 73.1 Å². The van der Waals surface area contributed by atoms with E-state index in [1.165, 1.54) is 4.70 Å². The third-order valence-electron chi connectivity index (χ3n) is 5.09. The first-order valence-corrected chi connectivity index (χ1v) is 10.2. The van der Waals surface area contributed by atoms with Gasteiger partial charge < -0.3 is 4.74 Å². The third-order valence-corrected chi connectivity index (χ3v) is 6.21. The molecule has 0 aliphatic carbocycles. The standard InChI is InChI=1S/C25H18N2OS.Pt/c1-25(2,23-7-3-5-13-26-23)17-9-11-21-19(15-17)20-16-18(10-12-22(20)29-21)28-24-8-4-6-14-27-24;/h3-14H,1-2H3;/q-2;+2. The Balaban J connectivity index is 0.00000218. The summed E-state index contributed by atoms with van der Waals surface area (Å²) in [6.45, 7) is 4.36. The Labute approximate surface area is 194 Å². The number of hydrogen-bond acceptors (Lipinski definition) is 4. The molecule has 0 atom stereocenters. The maximum absolute atomic E-state index is 5.89. The molecule has 0 saturated heterocycles. The Bertz CT molecular complexity index is 1300. The predicted molar refractivity (Wildman–Crippen MR) is 118 cm³/mol. The van der Waals surface area contributed by atoms with Crippen molar-refractivity contribution < 1.29 is 25.8 Å². The molecule has 0 radical (unpaired) electrons. The molecule has 0 amide bonds. The summed E-state index contributed by atoms with van der Waals surface area (Å²) >= 11 is 1.74. The monoisotopic (exact) mass is 589 g/mol. The van der Waals surface area contributed by atoms with Gasteiger partial charge in [-0.15, -0.1) is 45.3 Å². The molecule has 5 aromatic rings. The number of hydrogen-bond donors (Lipinski definition) is 0. The summed E-state index contributed by atoms with van der Waals surface area (Å²) in [5, 5.41) is 2.09. The maximum atomic E-state index is 5.89. The zero-order valence-electron chi connectivity index (χ0n) is 16.5. The fourth-order valence-electron chi connectivity index (χ4n) is 3.42. The summed E-state index contributed by atoms with van der Waals surface area (Å²) in [6.07, 6.45) is 3.55. The van der Waals surface area contributed by atoms with Crippen molar-refractivity contribution in [2.45, 2.75) is 19.3 Å². The summed E-state index contributed by atoms with van der Waals surface area (Å²) in [6, 6.07) is 27.0. The zero-order chi connectivity index (χ0) is 19.8. The second kappa shape index (κ2) is 8.29. The van der Waals surface area contributed by atoms with Crippen molar-refractivity contribution >= 4 is 31.5 Å². The van der Waals surface area contributed by atoms with Crippen LogP contribution in [0, 0.1) is 12.1 Å². The number of ether oxygens (including phenoxy) is 1. The molecule has 3 aromatic heterocycles. The van der Waals surface area contributed by atoms with Crippen molar-refractivity contribution in [2.24, 2.45) is 0 Å². The minimum absolute atomic E-state index is 0. The van der Waals surface area contributed by atoms with Crippen molar-refractivity contribution in [1.29, 1.82) is 0 Å². The van der Waals surface area contributed by atoms with Crippen LogP contribution in [0.3, 0.4) is 0 Å². The number of aromatic nitrogens is 2. The smallest absolute Gasteiger partial charge is 0.460 e. The summed E-state index contributed by atoms with van der Waals surface area (Å²) in [5.74, 6) is 1.21. The van der Waals surface area contributed by atoms with Crippen LogP contribution in [0.1, 0.15) is 25.1 Å². The molecule has 0 spiro atoms. The fourth-order valence-corrected chi connectivity index (χ4v) is 4.44. The van der Waals surface area contributed by atoms with Crippen LogP contribution in [0.4, 0.5) is 0 Å². The first kappa shape index (κ1) is 20.7. The topological polar surface area (TPSA) is 35.0 Å². The van der Waals surface area contributed by atoms with Gasteiger partial charge in [0.2, 0.25) is 5.88 Å². The van der Waals surface area contributed by atoms with Gasteiger partial charge in [-0.05, 0) is 18.2 Å². The Morgan fingerprint density at radius 3 is 2.20 bits per heavy atom. The number of fused-ring (bicyclic) bond motifs is 3. The Morgan fingerprint density at radius 2 is 1.50 bits per heavy atom. The molecule has 5 heteroatoms. The molecule has 3 nitrogen and oxygen atoms in total. The molecule has 0 aliphatic rings. The minimum Gasteiger partial charge on any atom is -0.460 e. The van der Waals surface area contributed by atoms with Crippen molar-refractivity contribution in [2.75, 3.05) is 0 Å². The van der Waals surface area contributed by atoms with Gasteiger partial charge in [0.25, 0.3) is 0 Å². The summed E-state index contributed by atoms with van der Waals surface area (Å²) < 4.78 is 8.24. The number of rotatable bonds is 4. The van der Waals surface area contributed by atoms with E-state index in [-0.39, 0.29) is 26.5 Å². The van der Waals surface area contributed by atoms with Gasteiger partial charge >= 0.3 is 21.1 Å². The first-order valence-electron chi connectivity index (χ1n) is 9.43. The second-order valence-corrected chi connectivity index (χ2v) is 8.47. The van der Waals surface area contributed by atoms with Crippen molar-refractivity contribution in [1.82, 2.24) is 9.97 Å². The normalized spacial score (nSPS) is 11.4. The summed E-state index contributed by atoms with van der Waals surface area (Å²) in [4.78, 5) is 8.80. The largest absolute Gasteiger partial charge is 2.00 e. The molecule has 5 rings (SSSR count). The molecular formula is C25H18N2OPtS. The van der Waals surface area contributed by atoms with E-state index in [2.05, 4.69) is 60.2 Å². The van der Waals surface area contributed by atoms with Gasteiger partial charge in [-0.3, -0.25) is 16.3 Å². The van der Waals surface area contributed by atoms with Gasteiger partial charge in [0.1, 0.15) is 0 Å². The van der Waals surface area contributed by atoms with E-state index in [0.29, 0.717) is 11.6 Å². The average Bonchev–Trinajstić information content (AvgIpc) is 3.12. The molecule has 150 valence electrons.